The lowest BCUT2D eigenvalue weighted by atomic mass is 10.1. The summed E-state index contributed by atoms with van der Waals surface area (Å²) in [7, 11) is 0. The maximum Gasteiger partial charge on any atom is 0.144 e. The summed E-state index contributed by atoms with van der Waals surface area (Å²) in [6, 6.07) is 0. The largest absolute Gasteiger partial charge is 0.459 e. The van der Waals surface area contributed by atoms with Crippen molar-refractivity contribution in [2.75, 3.05) is 6.61 Å². The highest BCUT2D eigenvalue weighted by Gasteiger charge is 2.27. The third-order valence-corrected chi connectivity index (χ3v) is 1.83. The number of hydrogen-bond donors (Lipinski definition) is 0. The highest BCUT2D eigenvalue weighted by molar-refractivity contribution is 5.15. The van der Waals surface area contributed by atoms with E-state index in [0.29, 0.717) is 6.10 Å². The van der Waals surface area contributed by atoms with Gasteiger partial charge < -0.3 is 9.47 Å². The number of ether oxygens (including phenoxy) is 2. The lowest BCUT2D eigenvalue weighted by Crippen LogP contribution is -2.26. The molecule has 2 aliphatic rings. The Hall–Kier alpha value is -0.500. The molecule has 0 N–H and O–H groups in total. The van der Waals surface area contributed by atoms with Crippen LogP contribution in [0.2, 0.25) is 0 Å². The van der Waals surface area contributed by atoms with Crippen LogP contribution in [0.4, 0.5) is 0 Å². The molecule has 1 fully saturated rings. The van der Waals surface area contributed by atoms with Crippen LogP contribution in [-0.4, -0.2) is 12.7 Å². The van der Waals surface area contributed by atoms with Crippen LogP contribution in [-0.2, 0) is 9.47 Å². The molecule has 0 aliphatic carbocycles. The van der Waals surface area contributed by atoms with Crippen LogP contribution in [0.25, 0.3) is 0 Å². The van der Waals surface area contributed by atoms with Crippen LogP contribution in [0.5, 0.6) is 0 Å². The van der Waals surface area contributed by atoms with Gasteiger partial charge in [-0.05, 0) is 13.3 Å². The van der Waals surface area contributed by atoms with Gasteiger partial charge in [0.1, 0.15) is 11.5 Å². The van der Waals surface area contributed by atoms with E-state index in [1.165, 1.54) is 6.42 Å². The Morgan fingerprint density at radius 1 is 1.67 bits per heavy atom. The Labute approximate surface area is 54.5 Å². The maximum atomic E-state index is 5.22. The zero-order valence-electron chi connectivity index (χ0n) is 5.52. The Morgan fingerprint density at radius 2 is 2.33 bits per heavy atom. The van der Waals surface area contributed by atoms with Gasteiger partial charge in [-0.25, -0.2) is 0 Å². The van der Waals surface area contributed by atoms with E-state index in [4.69, 9.17) is 9.47 Å². The van der Waals surface area contributed by atoms with Crippen LogP contribution < -0.4 is 0 Å². The van der Waals surface area contributed by atoms with Gasteiger partial charge in [0, 0.05) is 13.0 Å². The molecular formula is C7H10O2. The van der Waals surface area contributed by atoms with E-state index in [1.807, 2.05) is 6.92 Å². The predicted molar refractivity (Wildman–Crippen MR) is 32.8 cm³/mol. The van der Waals surface area contributed by atoms with E-state index in [2.05, 4.69) is 0 Å². The maximum absolute atomic E-state index is 5.22. The molecule has 0 saturated carbocycles. The van der Waals surface area contributed by atoms with E-state index in [0.717, 1.165) is 24.5 Å². The lowest BCUT2D eigenvalue weighted by molar-refractivity contribution is -0.0508. The van der Waals surface area contributed by atoms with Gasteiger partial charge in [0.25, 0.3) is 0 Å². The first-order chi connectivity index (χ1) is 4.36. The van der Waals surface area contributed by atoms with E-state index in [9.17, 15) is 0 Å². The Kier molecular flexibility index (Phi) is 1.02. The fourth-order valence-corrected chi connectivity index (χ4v) is 0.997. The Morgan fingerprint density at radius 3 is 2.67 bits per heavy atom. The van der Waals surface area contributed by atoms with Crippen LogP contribution in [0.15, 0.2) is 11.5 Å². The van der Waals surface area contributed by atoms with Crippen LogP contribution >= 0.6 is 0 Å². The molecule has 0 radical (unpaired) electrons. The quantitative estimate of drug-likeness (QED) is 0.558. The molecule has 50 valence electrons. The van der Waals surface area contributed by atoms with Crippen LogP contribution in [0, 0.1) is 0 Å². The molecule has 2 rings (SSSR count). The van der Waals surface area contributed by atoms with Crippen molar-refractivity contribution in [2.45, 2.75) is 25.9 Å². The average molecular weight is 126 g/mol. The minimum Gasteiger partial charge on any atom is -0.459 e. The van der Waals surface area contributed by atoms with Crippen molar-refractivity contribution in [3.05, 3.63) is 11.5 Å². The van der Waals surface area contributed by atoms with E-state index in [1.54, 1.807) is 0 Å². The molecule has 0 aromatic heterocycles. The number of allylic oxidation sites excluding steroid dienone is 1. The summed E-state index contributed by atoms with van der Waals surface area (Å²) in [4.78, 5) is 0. The molecule has 9 heavy (non-hydrogen) atoms. The SMILES string of the molecule is CC1=C(CC2CCO2)O1. The second-order valence-electron chi connectivity index (χ2n) is 2.57. The zero-order chi connectivity index (χ0) is 6.27. The van der Waals surface area contributed by atoms with Crippen molar-refractivity contribution in [1.82, 2.24) is 0 Å². The normalized spacial score (nSPS) is 31.4. The summed E-state index contributed by atoms with van der Waals surface area (Å²) in [6.45, 7) is 2.94. The summed E-state index contributed by atoms with van der Waals surface area (Å²) in [5.41, 5.74) is 0. The summed E-state index contributed by atoms with van der Waals surface area (Å²) >= 11 is 0. The second-order valence-corrected chi connectivity index (χ2v) is 2.57. The molecule has 0 bridgehead atoms. The Balaban J connectivity index is 1.78. The van der Waals surface area contributed by atoms with Gasteiger partial charge in [-0.1, -0.05) is 0 Å². The molecule has 0 aromatic carbocycles. The topological polar surface area (TPSA) is 21.8 Å². The van der Waals surface area contributed by atoms with E-state index >= 15 is 0 Å². The van der Waals surface area contributed by atoms with Crippen molar-refractivity contribution in [1.29, 1.82) is 0 Å². The van der Waals surface area contributed by atoms with Crippen molar-refractivity contribution in [3.8, 4) is 0 Å². The summed E-state index contributed by atoms with van der Waals surface area (Å²) in [5, 5.41) is 0. The molecule has 1 atom stereocenters. The van der Waals surface area contributed by atoms with Gasteiger partial charge in [-0.3, -0.25) is 0 Å². The van der Waals surface area contributed by atoms with Gasteiger partial charge in [0.2, 0.25) is 0 Å². The first-order valence-electron chi connectivity index (χ1n) is 3.35. The van der Waals surface area contributed by atoms with Crippen molar-refractivity contribution >= 4 is 0 Å². The summed E-state index contributed by atoms with van der Waals surface area (Å²) in [5.74, 6) is 2.25. The van der Waals surface area contributed by atoms with Crippen molar-refractivity contribution in [3.63, 3.8) is 0 Å². The summed E-state index contributed by atoms with van der Waals surface area (Å²) < 4.78 is 10.3. The molecule has 1 unspecified atom stereocenters. The molecule has 2 heterocycles. The van der Waals surface area contributed by atoms with Crippen LogP contribution in [0.1, 0.15) is 19.8 Å². The minimum atomic E-state index is 0.470. The average Bonchev–Trinajstić information content (AvgIpc) is 2.36. The lowest BCUT2D eigenvalue weighted by Gasteiger charge is -2.24. The standard InChI is InChI=1S/C7H10O2/c1-5-7(9-5)4-6-2-3-8-6/h6H,2-4H2,1H3. The fourth-order valence-electron chi connectivity index (χ4n) is 0.997. The third-order valence-electron chi connectivity index (χ3n) is 1.83. The van der Waals surface area contributed by atoms with Gasteiger partial charge in [0.15, 0.2) is 0 Å². The Bertz CT molecular complexity index is 156. The minimum absolute atomic E-state index is 0.470. The first kappa shape index (κ1) is 5.30. The molecular weight excluding hydrogens is 116 g/mol. The van der Waals surface area contributed by atoms with Gasteiger partial charge in [0.05, 0.1) is 6.10 Å². The summed E-state index contributed by atoms with van der Waals surface area (Å²) in [6.07, 6.45) is 2.68. The molecule has 0 amide bonds. The third kappa shape index (κ3) is 0.944. The van der Waals surface area contributed by atoms with Crippen molar-refractivity contribution < 1.29 is 9.47 Å². The number of hydrogen-bond acceptors (Lipinski definition) is 2. The molecule has 1 saturated heterocycles. The smallest absolute Gasteiger partial charge is 0.144 e. The highest BCUT2D eigenvalue weighted by atomic mass is 16.6. The van der Waals surface area contributed by atoms with E-state index < -0.39 is 0 Å². The molecule has 0 aromatic rings. The zero-order valence-corrected chi connectivity index (χ0v) is 5.52. The van der Waals surface area contributed by atoms with Crippen molar-refractivity contribution in [2.24, 2.45) is 0 Å². The highest BCUT2D eigenvalue weighted by Crippen LogP contribution is 2.32. The van der Waals surface area contributed by atoms with Gasteiger partial charge in [-0.15, -0.1) is 0 Å². The fraction of sp³-hybridized carbons (Fsp3) is 0.714. The predicted octanol–water partition coefficient (Wildman–Crippen LogP) is 1.43. The second kappa shape index (κ2) is 1.74. The van der Waals surface area contributed by atoms with Gasteiger partial charge >= 0.3 is 0 Å². The molecule has 2 nitrogen and oxygen atoms in total. The molecule has 2 aliphatic heterocycles. The molecule has 2 heteroatoms. The molecule has 0 spiro atoms. The van der Waals surface area contributed by atoms with E-state index in [-0.39, 0.29) is 0 Å². The number of rotatable bonds is 2. The van der Waals surface area contributed by atoms with Gasteiger partial charge in [-0.2, -0.15) is 0 Å². The first-order valence-corrected chi connectivity index (χ1v) is 3.35. The monoisotopic (exact) mass is 126 g/mol. The van der Waals surface area contributed by atoms with Crippen LogP contribution in [0.3, 0.4) is 0 Å².